The second-order valence-corrected chi connectivity index (χ2v) is 10.2. The van der Waals surface area contributed by atoms with Gasteiger partial charge in [0.25, 0.3) is 0 Å². The maximum absolute atomic E-state index is 12.7. The van der Waals surface area contributed by atoms with E-state index in [1.807, 2.05) is 19.2 Å². The van der Waals surface area contributed by atoms with Gasteiger partial charge in [0.1, 0.15) is 0 Å². The van der Waals surface area contributed by atoms with E-state index in [1.165, 1.54) is 27.4 Å². The number of amides is 1. The number of thiazole rings is 1. The number of hydrogen-bond donors (Lipinski definition) is 0. The molecule has 0 atom stereocenters. The first kappa shape index (κ1) is 19.3. The van der Waals surface area contributed by atoms with Crippen molar-refractivity contribution in [3.05, 3.63) is 40.9 Å². The molecule has 3 rings (SSSR count). The molecule has 1 aliphatic rings. The monoisotopic (exact) mass is 411 g/mol. The highest BCUT2D eigenvalue weighted by molar-refractivity contribution is 8.01. The molecule has 0 bridgehead atoms. The Morgan fingerprint density at radius 2 is 1.81 bits per heavy atom. The lowest BCUT2D eigenvalue weighted by molar-refractivity contribution is -0.129. The van der Waals surface area contributed by atoms with E-state index in [9.17, 15) is 13.2 Å². The molecule has 2 heterocycles. The van der Waals surface area contributed by atoms with Crippen LogP contribution in [0.15, 0.2) is 38.9 Å². The summed E-state index contributed by atoms with van der Waals surface area (Å²) in [6.07, 6.45) is 0. The highest BCUT2D eigenvalue weighted by atomic mass is 32.2. The van der Waals surface area contributed by atoms with Crippen LogP contribution in [0, 0.1) is 13.8 Å². The van der Waals surface area contributed by atoms with Gasteiger partial charge in [0.15, 0.2) is 4.34 Å². The van der Waals surface area contributed by atoms with Gasteiger partial charge in [-0.1, -0.05) is 29.5 Å². The van der Waals surface area contributed by atoms with Gasteiger partial charge < -0.3 is 4.90 Å². The van der Waals surface area contributed by atoms with E-state index in [0.717, 1.165) is 15.6 Å². The minimum atomic E-state index is -3.50. The van der Waals surface area contributed by atoms with Crippen molar-refractivity contribution in [2.45, 2.75) is 23.1 Å². The minimum Gasteiger partial charge on any atom is -0.339 e. The molecule has 2 aromatic rings. The molecular formula is C17H21N3O3S3. The van der Waals surface area contributed by atoms with Gasteiger partial charge in [-0.3, -0.25) is 4.79 Å². The number of benzene rings is 1. The summed E-state index contributed by atoms with van der Waals surface area (Å²) in [5.74, 6) is 0.354. The molecule has 26 heavy (non-hydrogen) atoms. The number of thioether (sulfide) groups is 1. The van der Waals surface area contributed by atoms with Crippen molar-refractivity contribution < 1.29 is 13.2 Å². The number of nitrogens with zero attached hydrogens (tertiary/aromatic N) is 3. The first-order valence-corrected chi connectivity index (χ1v) is 11.6. The number of carbonyl (C=O) groups is 1. The molecule has 0 N–H and O–H groups in total. The van der Waals surface area contributed by atoms with E-state index >= 15 is 0 Å². The number of hydrogen-bond acceptors (Lipinski definition) is 6. The third-order valence-electron chi connectivity index (χ3n) is 4.17. The predicted octanol–water partition coefficient (Wildman–Crippen LogP) is 2.39. The van der Waals surface area contributed by atoms with Gasteiger partial charge in [0.05, 0.1) is 10.6 Å². The molecule has 1 aliphatic heterocycles. The lowest BCUT2D eigenvalue weighted by atomic mass is 10.2. The molecule has 1 aromatic carbocycles. The Balaban J connectivity index is 1.54. The predicted molar refractivity (Wildman–Crippen MR) is 104 cm³/mol. The standard InChI is InChI=1S/C17H21N3O3S3/c1-13-3-5-15(6-4-13)26(22,23)20-9-7-19(8-10-20)16(21)12-25-17-18-14(2)11-24-17/h3-6,11H,7-10,12H2,1-2H3. The minimum absolute atomic E-state index is 0.0234. The van der Waals surface area contributed by atoms with Gasteiger partial charge in [0.2, 0.25) is 15.9 Å². The lowest BCUT2D eigenvalue weighted by Gasteiger charge is -2.34. The van der Waals surface area contributed by atoms with Gasteiger partial charge in [-0.05, 0) is 26.0 Å². The smallest absolute Gasteiger partial charge is 0.243 e. The van der Waals surface area contributed by atoms with E-state index in [-0.39, 0.29) is 5.91 Å². The lowest BCUT2D eigenvalue weighted by Crippen LogP contribution is -2.50. The number of rotatable bonds is 5. The van der Waals surface area contributed by atoms with Crippen molar-refractivity contribution in [3.63, 3.8) is 0 Å². The number of carbonyl (C=O) groups excluding carboxylic acids is 1. The number of aromatic nitrogens is 1. The summed E-state index contributed by atoms with van der Waals surface area (Å²) in [4.78, 5) is 18.7. The van der Waals surface area contributed by atoms with Crippen molar-refractivity contribution >= 4 is 39.0 Å². The van der Waals surface area contributed by atoms with Crippen LogP contribution in [0.4, 0.5) is 0 Å². The third-order valence-corrected chi connectivity index (χ3v) is 8.20. The highest BCUT2D eigenvalue weighted by Gasteiger charge is 2.30. The second kappa shape index (κ2) is 8.08. The van der Waals surface area contributed by atoms with E-state index in [2.05, 4.69) is 4.98 Å². The summed E-state index contributed by atoms with van der Waals surface area (Å²) >= 11 is 2.97. The van der Waals surface area contributed by atoms with Gasteiger partial charge >= 0.3 is 0 Å². The Kier molecular flexibility index (Phi) is 6.01. The Bertz CT molecular complexity index is 870. The summed E-state index contributed by atoms with van der Waals surface area (Å²) in [5, 5.41) is 1.96. The van der Waals surface area contributed by atoms with Crippen molar-refractivity contribution in [3.8, 4) is 0 Å². The van der Waals surface area contributed by atoms with Gasteiger partial charge in [-0.25, -0.2) is 13.4 Å². The molecule has 1 amide bonds. The van der Waals surface area contributed by atoms with Gasteiger partial charge in [0, 0.05) is 37.3 Å². The molecule has 0 radical (unpaired) electrons. The van der Waals surface area contributed by atoms with Crippen LogP contribution < -0.4 is 0 Å². The number of sulfonamides is 1. The van der Waals surface area contributed by atoms with E-state index < -0.39 is 10.0 Å². The van der Waals surface area contributed by atoms with E-state index in [1.54, 1.807) is 29.2 Å². The molecule has 6 nitrogen and oxygen atoms in total. The van der Waals surface area contributed by atoms with Gasteiger partial charge in [-0.15, -0.1) is 11.3 Å². The average molecular weight is 412 g/mol. The third kappa shape index (κ3) is 4.46. The molecule has 0 unspecified atom stereocenters. The summed E-state index contributed by atoms with van der Waals surface area (Å²) in [5.41, 5.74) is 1.98. The quantitative estimate of drug-likeness (QED) is 0.707. The van der Waals surface area contributed by atoms with Crippen LogP contribution in [0.3, 0.4) is 0 Å². The Morgan fingerprint density at radius 1 is 1.15 bits per heavy atom. The van der Waals surface area contributed by atoms with Crippen LogP contribution in [-0.2, 0) is 14.8 Å². The normalized spacial score (nSPS) is 16.0. The van der Waals surface area contributed by atoms with Crippen molar-refractivity contribution in [1.82, 2.24) is 14.2 Å². The zero-order valence-corrected chi connectivity index (χ0v) is 17.2. The second-order valence-electron chi connectivity index (χ2n) is 6.14. The van der Waals surface area contributed by atoms with E-state index in [4.69, 9.17) is 0 Å². The summed E-state index contributed by atoms with van der Waals surface area (Å²) < 4.78 is 27.7. The van der Waals surface area contributed by atoms with Gasteiger partial charge in [-0.2, -0.15) is 4.31 Å². The largest absolute Gasteiger partial charge is 0.339 e. The van der Waals surface area contributed by atoms with Crippen LogP contribution >= 0.6 is 23.1 Å². The molecular weight excluding hydrogens is 390 g/mol. The molecule has 140 valence electrons. The first-order valence-electron chi connectivity index (χ1n) is 8.26. The van der Waals surface area contributed by atoms with Crippen molar-refractivity contribution in [2.24, 2.45) is 0 Å². The summed E-state index contributed by atoms with van der Waals surface area (Å²) in [7, 11) is -3.50. The van der Waals surface area contributed by atoms with Crippen LogP contribution in [0.25, 0.3) is 0 Å². The molecule has 1 saturated heterocycles. The molecule has 1 fully saturated rings. The van der Waals surface area contributed by atoms with Crippen molar-refractivity contribution in [1.29, 1.82) is 0 Å². The average Bonchev–Trinajstić information content (AvgIpc) is 3.05. The molecule has 0 aliphatic carbocycles. The van der Waals surface area contributed by atoms with Crippen molar-refractivity contribution in [2.75, 3.05) is 31.9 Å². The zero-order chi connectivity index (χ0) is 18.7. The highest BCUT2D eigenvalue weighted by Crippen LogP contribution is 2.23. The Hall–Kier alpha value is -1.42. The maximum Gasteiger partial charge on any atom is 0.243 e. The molecule has 9 heteroatoms. The maximum atomic E-state index is 12.7. The summed E-state index contributed by atoms with van der Waals surface area (Å²) in [6, 6.07) is 6.86. The van der Waals surface area contributed by atoms with E-state index in [0.29, 0.717) is 36.8 Å². The number of aryl methyl sites for hydroxylation is 2. The van der Waals surface area contributed by atoms with Crippen LogP contribution in [0.5, 0.6) is 0 Å². The SMILES string of the molecule is Cc1ccc(S(=O)(=O)N2CCN(C(=O)CSc3nc(C)cs3)CC2)cc1. The molecule has 0 spiro atoms. The molecule has 1 aromatic heterocycles. The fourth-order valence-electron chi connectivity index (χ4n) is 2.65. The van der Waals surface area contributed by atoms with Crippen LogP contribution in [0.2, 0.25) is 0 Å². The zero-order valence-electron chi connectivity index (χ0n) is 14.7. The Labute approximate surface area is 162 Å². The van der Waals surface area contributed by atoms with Crippen LogP contribution in [0.1, 0.15) is 11.3 Å². The number of piperazine rings is 1. The summed E-state index contributed by atoms with van der Waals surface area (Å²) in [6.45, 7) is 5.33. The Morgan fingerprint density at radius 3 is 2.38 bits per heavy atom. The fraction of sp³-hybridized carbons (Fsp3) is 0.412. The van der Waals surface area contributed by atoms with Crippen LogP contribution in [-0.4, -0.2) is 60.4 Å². The fourth-order valence-corrected chi connectivity index (χ4v) is 5.82. The first-order chi connectivity index (χ1) is 12.4. The topological polar surface area (TPSA) is 70.6 Å². The molecule has 0 saturated carbocycles.